The Morgan fingerprint density at radius 1 is 1.08 bits per heavy atom. The molecule has 0 atom stereocenters. The van der Waals surface area contributed by atoms with E-state index in [2.05, 4.69) is 47.2 Å². The van der Waals surface area contributed by atoms with Crippen LogP contribution >= 0.6 is 0 Å². The molecule has 1 aromatic carbocycles. The lowest BCUT2D eigenvalue weighted by Gasteiger charge is -2.37. The number of nitrogens with one attached hydrogen (secondary N) is 1. The van der Waals surface area contributed by atoms with Crippen LogP contribution < -0.4 is 10.2 Å². The van der Waals surface area contributed by atoms with E-state index in [1.807, 2.05) is 17.0 Å². The number of benzene rings is 1. The Balaban J connectivity index is 1.54. The summed E-state index contributed by atoms with van der Waals surface area (Å²) in [5, 5.41) is 2.97. The number of amides is 2. The van der Waals surface area contributed by atoms with Gasteiger partial charge in [0.25, 0.3) is 0 Å². The van der Waals surface area contributed by atoms with Crippen molar-refractivity contribution in [3.05, 3.63) is 59.4 Å². The molecule has 1 aromatic heterocycles. The Labute approximate surface area is 143 Å². The van der Waals surface area contributed by atoms with Gasteiger partial charge < -0.3 is 15.1 Å². The summed E-state index contributed by atoms with van der Waals surface area (Å²) in [5.41, 5.74) is 4.92. The van der Waals surface area contributed by atoms with E-state index < -0.39 is 0 Å². The molecule has 0 radical (unpaired) electrons. The first-order valence-electron chi connectivity index (χ1n) is 8.38. The molecule has 1 fully saturated rings. The fraction of sp³-hybridized carbons (Fsp3) is 0.368. The number of urea groups is 1. The number of hydrogen-bond acceptors (Lipinski definition) is 3. The third-order valence-electron chi connectivity index (χ3n) is 4.49. The number of aryl methyl sites for hydroxylation is 2. The van der Waals surface area contributed by atoms with Crippen LogP contribution in [-0.2, 0) is 6.54 Å². The number of aromatic nitrogens is 1. The number of para-hydroxylation sites is 1. The molecule has 1 saturated heterocycles. The second kappa shape index (κ2) is 7.34. The van der Waals surface area contributed by atoms with Gasteiger partial charge in [-0.05, 0) is 36.6 Å². The third-order valence-corrected chi connectivity index (χ3v) is 4.49. The van der Waals surface area contributed by atoms with Crippen molar-refractivity contribution in [1.82, 2.24) is 15.2 Å². The molecule has 2 heterocycles. The van der Waals surface area contributed by atoms with Crippen molar-refractivity contribution in [3.8, 4) is 0 Å². The highest BCUT2D eigenvalue weighted by Crippen LogP contribution is 2.25. The summed E-state index contributed by atoms with van der Waals surface area (Å²) < 4.78 is 0. The van der Waals surface area contributed by atoms with Crippen molar-refractivity contribution < 1.29 is 4.79 Å². The molecule has 1 N–H and O–H groups in total. The summed E-state index contributed by atoms with van der Waals surface area (Å²) >= 11 is 0. The molecule has 0 saturated carbocycles. The molecule has 0 spiro atoms. The average molecular weight is 324 g/mol. The number of piperazine rings is 1. The number of nitrogens with zero attached hydrogens (tertiary/aromatic N) is 3. The fourth-order valence-corrected chi connectivity index (χ4v) is 3.23. The van der Waals surface area contributed by atoms with Gasteiger partial charge in [0.05, 0.1) is 0 Å². The predicted octanol–water partition coefficient (Wildman–Crippen LogP) is 2.73. The topological polar surface area (TPSA) is 48.5 Å². The van der Waals surface area contributed by atoms with Crippen LogP contribution in [0.15, 0.2) is 42.7 Å². The molecule has 0 unspecified atom stereocenters. The maximum absolute atomic E-state index is 12.3. The van der Waals surface area contributed by atoms with Gasteiger partial charge in [0.1, 0.15) is 0 Å². The van der Waals surface area contributed by atoms with Gasteiger partial charge in [-0.25, -0.2) is 4.79 Å². The maximum atomic E-state index is 12.3. The number of anilines is 1. The van der Waals surface area contributed by atoms with Crippen LogP contribution in [0.4, 0.5) is 10.5 Å². The largest absolute Gasteiger partial charge is 0.368 e. The monoisotopic (exact) mass is 324 g/mol. The first-order valence-corrected chi connectivity index (χ1v) is 8.38. The molecule has 126 valence electrons. The lowest BCUT2D eigenvalue weighted by atomic mass is 10.1. The van der Waals surface area contributed by atoms with Gasteiger partial charge in [-0.3, -0.25) is 4.98 Å². The van der Waals surface area contributed by atoms with Crippen molar-refractivity contribution in [3.63, 3.8) is 0 Å². The summed E-state index contributed by atoms with van der Waals surface area (Å²) in [4.78, 5) is 20.7. The van der Waals surface area contributed by atoms with Gasteiger partial charge in [0, 0.05) is 50.8 Å². The standard InChI is InChI=1S/C19H24N4O/c1-15-5-3-6-16(2)18(15)22-9-11-23(12-10-22)19(24)21-14-17-7-4-8-20-13-17/h3-8,13H,9-12,14H2,1-2H3,(H,21,24). The summed E-state index contributed by atoms with van der Waals surface area (Å²) in [7, 11) is 0. The molecule has 0 aliphatic carbocycles. The van der Waals surface area contributed by atoms with E-state index in [4.69, 9.17) is 0 Å². The van der Waals surface area contributed by atoms with Gasteiger partial charge >= 0.3 is 6.03 Å². The Morgan fingerprint density at radius 2 is 1.79 bits per heavy atom. The SMILES string of the molecule is Cc1cccc(C)c1N1CCN(C(=O)NCc2cccnc2)CC1. The normalized spacial score (nSPS) is 14.6. The van der Waals surface area contributed by atoms with Crippen molar-refractivity contribution >= 4 is 11.7 Å². The van der Waals surface area contributed by atoms with Gasteiger partial charge in [0.15, 0.2) is 0 Å². The quantitative estimate of drug-likeness (QED) is 0.944. The highest BCUT2D eigenvalue weighted by molar-refractivity contribution is 5.74. The summed E-state index contributed by atoms with van der Waals surface area (Å²) in [6.07, 6.45) is 3.51. The number of carbonyl (C=O) groups excluding carboxylic acids is 1. The zero-order chi connectivity index (χ0) is 16.9. The molecule has 0 bridgehead atoms. The molecule has 5 heteroatoms. The van der Waals surface area contributed by atoms with E-state index in [0.29, 0.717) is 6.54 Å². The van der Waals surface area contributed by atoms with E-state index in [0.717, 1.165) is 31.7 Å². The molecule has 2 amide bonds. The molecule has 24 heavy (non-hydrogen) atoms. The molecule has 3 rings (SSSR count). The molecule has 1 aliphatic heterocycles. The number of hydrogen-bond donors (Lipinski definition) is 1. The second-order valence-corrected chi connectivity index (χ2v) is 6.23. The number of rotatable bonds is 3. The Hall–Kier alpha value is -2.56. The zero-order valence-electron chi connectivity index (χ0n) is 14.3. The maximum Gasteiger partial charge on any atom is 0.317 e. The van der Waals surface area contributed by atoms with Crippen LogP contribution in [0.25, 0.3) is 0 Å². The van der Waals surface area contributed by atoms with Crippen LogP contribution in [0.2, 0.25) is 0 Å². The second-order valence-electron chi connectivity index (χ2n) is 6.23. The van der Waals surface area contributed by atoms with Crippen LogP contribution in [0.1, 0.15) is 16.7 Å². The average Bonchev–Trinajstić information content (AvgIpc) is 2.61. The minimum absolute atomic E-state index is 0.00000798. The summed E-state index contributed by atoms with van der Waals surface area (Å²) in [6, 6.07) is 10.2. The van der Waals surface area contributed by atoms with Crippen LogP contribution in [0, 0.1) is 13.8 Å². The van der Waals surface area contributed by atoms with E-state index in [-0.39, 0.29) is 6.03 Å². The zero-order valence-corrected chi connectivity index (χ0v) is 14.3. The Kier molecular flexibility index (Phi) is 4.99. The van der Waals surface area contributed by atoms with Crippen molar-refractivity contribution in [2.45, 2.75) is 20.4 Å². The van der Waals surface area contributed by atoms with E-state index in [9.17, 15) is 4.79 Å². The van der Waals surface area contributed by atoms with Crippen LogP contribution in [0.3, 0.4) is 0 Å². The summed E-state index contributed by atoms with van der Waals surface area (Å²) in [6.45, 7) is 8.03. The highest BCUT2D eigenvalue weighted by Gasteiger charge is 2.22. The molecule has 1 aliphatic rings. The van der Waals surface area contributed by atoms with Crippen LogP contribution in [0.5, 0.6) is 0 Å². The molecule has 5 nitrogen and oxygen atoms in total. The minimum atomic E-state index is 0.00000798. The van der Waals surface area contributed by atoms with Crippen molar-refractivity contribution in [2.75, 3.05) is 31.1 Å². The summed E-state index contributed by atoms with van der Waals surface area (Å²) in [5.74, 6) is 0. The van der Waals surface area contributed by atoms with E-state index >= 15 is 0 Å². The Morgan fingerprint density at radius 3 is 2.42 bits per heavy atom. The van der Waals surface area contributed by atoms with Crippen LogP contribution in [-0.4, -0.2) is 42.1 Å². The first kappa shape index (κ1) is 16.3. The third kappa shape index (κ3) is 3.67. The van der Waals surface area contributed by atoms with Gasteiger partial charge in [0.2, 0.25) is 0 Å². The van der Waals surface area contributed by atoms with Gasteiger partial charge in [-0.15, -0.1) is 0 Å². The van der Waals surface area contributed by atoms with Crippen molar-refractivity contribution in [1.29, 1.82) is 0 Å². The lowest BCUT2D eigenvalue weighted by Crippen LogP contribution is -2.52. The van der Waals surface area contributed by atoms with Gasteiger partial charge in [-0.1, -0.05) is 24.3 Å². The minimum Gasteiger partial charge on any atom is -0.368 e. The number of pyridine rings is 1. The van der Waals surface area contributed by atoms with Gasteiger partial charge in [-0.2, -0.15) is 0 Å². The highest BCUT2D eigenvalue weighted by atomic mass is 16.2. The van der Waals surface area contributed by atoms with E-state index in [1.54, 1.807) is 12.4 Å². The fourth-order valence-electron chi connectivity index (χ4n) is 3.23. The Bertz CT molecular complexity index is 674. The van der Waals surface area contributed by atoms with E-state index in [1.165, 1.54) is 16.8 Å². The lowest BCUT2D eigenvalue weighted by molar-refractivity contribution is 0.194. The predicted molar refractivity (Wildman–Crippen MR) is 96.2 cm³/mol. The first-order chi connectivity index (χ1) is 11.6. The molecular formula is C19H24N4O. The smallest absolute Gasteiger partial charge is 0.317 e. The molecule has 2 aromatic rings. The molecular weight excluding hydrogens is 300 g/mol. The number of carbonyl (C=O) groups is 1. The van der Waals surface area contributed by atoms with Crippen molar-refractivity contribution in [2.24, 2.45) is 0 Å².